The van der Waals surface area contributed by atoms with Gasteiger partial charge in [-0.2, -0.15) is 0 Å². The van der Waals surface area contributed by atoms with Gasteiger partial charge in [0.2, 0.25) is 0 Å². The lowest BCUT2D eigenvalue weighted by Crippen LogP contribution is -2.15. The zero-order chi connectivity index (χ0) is 15.5. The molecule has 2 aromatic rings. The van der Waals surface area contributed by atoms with E-state index in [0.29, 0.717) is 16.0 Å². The molecule has 2 rings (SSSR count). The Morgan fingerprint density at radius 1 is 1.24 bits per heavy atom. The SMILES string of the molecule is CNc1ncc(Br)cc1S(=O)(=O)Nc1ccc(SC)cc1. The lowest BCUT2D eigenvalue weighted by molar-refractivity contribution is 0.601. The molecule has 0 aliphatic carbocycles. The number of rotatable bonds is 5. The topological polar surface area (TPSA) is 71.1 Å². The molecule has 2 N–H and O–H groups in total. The number of anilines is 2. The Kier molecular flexibility index (Phi) is 5.13. The summed E-state index contributed by atoms with van der Waals surface area (Å²) in [5, 5.41) is 2.78. The Morgan fingerprint density at radius 2 is 1.90 bits per heavy atom. The second-order valence-electron chi connectivity index (χ2n) is 4.08. The lowest BCUT2D eigenvalue weighted by atomic mass is 10.3. The normalized spacial score (nSPS) is 11.2. The molecule has 0 fully saturated rings. The molecule has 21 heavy (non-hydrogen) atoms. The molecule has 0 atom stereocenters. The minimum atomic E-state index is -3.71. The Hall–Kier alpha value is -1.25. The Bertz CT molecular complexity index is 734. The molecule has 1 aromatic heterocycles. The summed E-state index contributed by atoms with van der Waals surface area (Å²) in [5.41, 5.74) is 0.509. The van der Waals surface area contributed by atoms with Crippen LogP contribution in [0.25, 0.3) is 0 Å². The van der Waals surface area contributed by atoms with E-state index in [1.54, 1.807) is 30.9 Å². The molecule has 0 saturated heterocycles. The van der Waals surface area contributed by atoms with Gasteiger partial charge in [-0.25, -0.2) is 13.4 Å². The lowest BCUT2D eigenvalue weighted by Gasteiger charge is -2.12. The van der Waals surface area contributed by atoms with Gasteiger partial charge in [-0.05, 0) is 52.5 Å². The summed E-state index contributed by atoms with van der Waals surface area (Å²) >= 11 is 4.83. The molecule has 5 nitrogen and oxygen atoms in total. The molecule has 0 unspecified atom stereocenters. The van der Waals surface area contributed by atoms with Gasteiger partial charge in [-0.1, -0.05) is 0 Å². The van der Waals surface area contributed by atoms with Gasteiger partial charge < -0.3 is 5.32 Å². The number of pyridine rings is 1. The molecule has 0 saturated carbocycles. The van der Waals surface area contributed by atoms with E-state index in [9.17, 15) is 8.42 Å². The molecule has 1 aromatic carbocycles. The number of thioether (sulfide) groups is 1. The molecule has 8 heteroatoms. The Morgan fingerprint density at radius 3 is 2.48 bits per heavy atom. The van der Waals surface area contributed by atoms with Gasteiger partial charge >= 0.3 is 0 Å². The minimum absolute atomic E-state index is 0.0910. The molecule has 0 aliphatic heterocycles. The maximum Gasteiger partial charge on any atom is 0.265 e. The molecule has 112 valence electrons. The van der Waals surface area contributed by atoms with E-state index < -0.39 is 10.0 Å². The molecule has 0 aliphatic rings. The predicted molar refractivity (Wildman–Crippen MR) is 90.5 cm³/mol. The second-order valence-corrected chi connectivity index (χ2v) is 7.53. The smallest absolute Gasteiger partial charge is 0.265 e. The van der Waals surface area contributed by atoms with Crippen LogP contribution >= 0.6 is 27.7 Å². The highest BCUT2D eigenvalue weighted by atomic mass is 79.9. The van der Waals surface area contributed by atoms with E-state index >= 15 is 0 Å². The van der Waals surface area contributed by atoms with Crippen LogP contribution in [0.15, 0.2) is 50.8 Å². The highest BCUT2D eigenvalue weighted by Gasteiger charge is 2.20. The van der Waals surface area contributed by atoms with Crippen molar-refractivity contribution < 1.29 is 8.42 Å². The fraction of sp³-hybridized carbons (Fsp3) is 0.154. The minimum Gasteiger partial charge on any atom is -0.372 e. The first-order chi connectivity index (χ1) is 9.96. The molecule has 0 radical (unpaired) electrons. The fourth-order valence-electron chi connectivity index (χ4n) is 1.68. The number of halogens is 1. The van der Waals surface area contributed by atoms with Gasteiger partial charge in [-0.3, -0.25) is 4.72 Å². The summed E-state index contributed by atoms with van der Waals surface area (Å²) in [4.78, 5) is 5.21. The van der Waals surface area contributed by atoms with Crippen LogP contribution in [0.1, 0.15) is 0 Å². The maximum atomic E-state index is 12.5. The van der Waals surface area contributed by atoms with Crippen molar-refractivity contribution in [3.8, 4) is 0 Å². The number of nitrogens with one attached hydrogen (secondary N) is 2. The zero-order valence-electron chi connectivity index (χ0n) is 11.4. The Balaban J connectivity index is 2.35. The van der Waals surface area contributed by atoms with Crippen LogP contribution < -0.4 is 10.0 Å². The third kappa shape index (κ3) is 3.90. The number of benzene rings is 1. The third-order valence-corrected chi connectivity index (χ3v) is 5.26. The number of hydrogen-bond acceptors (Lipinski definition) is 5. The highest BCUT2D eigenvalue weighted by molar-refractivity contribution is 9.10. The van der Waals surface area contributed by atoms with Crippen LogP contribution in [0, 0.1) is 0 Å². The van der Waals surface area contributed by atoms with Gasteiger partial charge in [-0.15, -0.1) is 11.8 Å². The van der Waals surface area contributed by atoms with Crippen molar-refractivity contribution in [2.45, 2.75) is 9.79 Å². The van der Waals surface area contributed by atoms with E-state index in [-0.39, 0.29) is 4.90 Å². The van der Waals surface area contributed by atoms with Crippen LogP contribution in [0.2, 0.25) is 0 Å². The van der Waals surface area contributed by atoms with Crippen LogP contribution in [0.5, 0.6) is 0 Å². The third-order valence-electron chi connectivity index (χ3n) is 2.69. The van der Waals surface area contributed by atoms with E-state index in [0.717, 1.165) is 4.90 Å². The molecule has 1 heterocycles. The van der Waals surface area contributed by atoms with Gasteiger partial charge in [0, 0.05) is 28.3 Å². The van der Waals surface area contributed by atoms with Gasteiger partial charge in [0.25, 0.3) is 10.0 Å². The number of nitrogens with zero attached hydrogens (tertiary/aromatic N) is 1. The summed E-state index contributed by atoms with van der Waals surface area (Å²) in [5.74, 6) is 0.298. The number of hydrogen-bond donors (Lipinski definition) is 2. The Labute approximate surface area is 136 Å². The average molecular weight is 388 g/mol. The summed E-state index contributed by atoms with van der Waals surface area (Å²) in [6.45, 7) is 0. The summed E-state index contributed by atoms with van der Waals surface area (Å²) < 4.78 is 28.1. The monoisotopic (exact) mass is 387 g/mol. The quantitative estimate of drug-likeness (QED) is 0.769. The standard InChI is InChI=1S/C13H14BrN3O2S2/c1-15-13-12(7-9(14)8-16-13)21(18,19)17-10-3-5-11(20-2)6-4-10/h3-8,17H,1-2H3,(H,15,16). The van der Waals surface area contributed by atoms with Gasteiger partial charge in [0.05, 0.1) is 0 Å². The van der Waals surface area contributed by atoms with Crippen LogP contribution in [0.4, 0.5) is 11.5 Å². The number of aromatic nitrogens is 1. The first kappa shape index (κ1) is 16.1. The van der Waals surface area contributed by atoms with Gasteiger partial charge in [0.1, 0.15) is 10.7 Å². The van der Waals surface area contributed by atoms with E-state index in [1.807, 2.05) is 18.4 Å². The van der Waals surface area contributed by atoms with Crippen molar-refractivity contribution >= 4 is 49.2 Å². The average Bonchev–Trinajstić information content (AvgIpc) is 2.47. The van der Waals surface area contributed by atoms with Crippen LogP contribution in [-0.2, 0) is 10.0 Å². The van der Waals surface area contributed by atoms with E-state index in [4.69, 9.17) is 0 Å². The molecular formula is C13H14BrN3O2S2. The van der Waals surface area contributed by atoms with Crippen molar-refractivity contribution in [3.63, 3.8) is 0 Å². The second kappa shape index (κ2) is 6.67. The highest BCUT2D eigenvalue weighted by Crippen LogP contribution is 2.25. The summed E-state index contributed by atoms with van der Waals surface area (Å²) in [7, 11) is -2.08. The first-order valence-corrected chi connectivity index (χ1v) is 9.46. The van der Waals surface area contributed by atoms with Crippen molar-refractivity contribution in [1.82, 2.24) is 4.98 Å². The summed E-state index contributed by atoms with van der Waals surface area (Å²) in [6.07, 6.45) is 3.50. The largest absolute Gasteiger partial charge is 0.372 e. The predicted octanol–water partition coefficient (Wildman–Crippen LogP) is 3.41. The molecular weight excluding hydrogens is 374 g/mol. The van der Waals surface area contributed by atoms with E-state index in [2.05, 4.69) is 31.0 Å². The van der Waals surface area contributed by atoms with Crippen molar-refractivity contribution in [3.05, 3.63) is 41.0 Å². The van der Waals surface area contributed by atoms with Gasteiger partial charge in [0.15, 0.2) is 0 Å². The van der Waals surface area contributed by atoms with Crippen LogP contribution in [-0.4, -0.2) is 26.7 Å². The van der Waals surface area contributed by atoms with Crippen LogP contribution in [0.3, 0.4) is 0 Å². The molecule has 0 bridgehead atoms. The van der Waals surface area contributed by atoms with Crippen molar-refractivity contribution in [1.29, 1.82) is 0 Å². The zero-order valence-corrected chi connectivity index (χ0v) is 14.6. The fourth-order valence-corrected chi connectivity index (χ4v) is 3.82. The van der Waals surface area contributed by atoms with Crippen molar-refractivity contribution in [2.24, 2.45) is 0 Å². The van der Waals surface area contributed by atoms with Crippen molar-refractivity contribution in [2.75, 3.05) is 23.3 Å². The van der Waals surface area contributed by atoms with E-state index in [1.165, 1.54) is 12.3 Å². The summed E-state index contributed by atoms with van der Waals surface area (Å²) in [6, 6.07) is 8.69. The number of sulfonamides is 1. The molecule has 0 amide bonds. The first-order valence-electron chi connectivity index (χ1n) is 5.96. The molecule has 0 spiro atoms. The maximum absolute atomic E-state index is 12.5.